The molecule has 0 bridgehead atoms. The van der Waals surface area contributed by atoms with Crippen LogP contribution in [0.1, 0.15) is 13.8 Å². The molecule has 1 aliphatic heterocycles. The maximum absolute atomic E-state index is 3.23. The van der Waals surface area contributed by atoms with Crippen molar-refractivity contribution in [1.29, 1.82) is 0 Å². The quantitative estimate of drug-likeness (QED) is 0.676. The molecule has 1 atom stereocenters. The summed E-state index contributed by atoms with van der Waals surface area (Å²) in [5.41, 5.74) is 0. The molecule has 1 heterocycles. The van der Waals surface area contributed by atoms with Crippen LogP contribution < -0.4 is 5.32 Å². The van der Waals surface area contributed by atoms with Crippen LogP contribution in [0.25, 0.3) is 0 Å². The van der Waals surface area contributed by atoms with E-state index in [4.69, 9.17) is 0 Å². The third kappa shape index (κ3) is 3.25. The molecule has 3 heteroatoms. The van der Waals surface area contributed by atoms with Gasteiger partial charge in [-0.1, -0.05) is 6.92 Å². The number of piperazine rings is 1. The minimum Gasteiger partial charge on any atom is -0.318 e. The van der Waals surface area contributed by atoms with Gasteiger partial charge >= 0.3 is 0 Å². The summed E-state index contributed by atoms with van der Waals surface area (Å²) in [4.78, 5) is 5.09. The van der Waals surface area contributed by atoms with Crippen LogP contribution in [0.4, 0.5) is 0 Å². The van der Waals surface area contributed by atoms with Crippen LogP contribution in [-0.4, -0.2) is 62.2 Å². The van der Waals surface area contributed by atoms with Crippen molar-refractivity contribution in [3.05, 3.63) is 0 Å². The molecule has 3 nitrogen and oxygen atoms in total. The second-order valence-corrected chi connectivity index (χ2v) is 3.88. The fraction of sp³-hybridized carbons (Fsp3) is 1.00. The summed E-state index contributed by atoms with van der Waals surface area (Å²) in [5, 5.41) is 3.23. The third-order valence-corrected chi connectivity index (χ3v) is 2.98. The van der Waals surface area contributed by atoms with Gasteiger partial charge in [0.25, 0.3) is 0 Å². The fourth-order valence-electron chi connectivity index (χ4n) is 1.94. The van der Waals surface area contributed by atoms with Crippen LogP contribution in [0, 0.1) is 0 Å². The normalized spacial score (nSPS) is 23.3. The Kier molecular flexibility index (Phi) is 4.70. The summed E-state index contributed by atoms with van der Waals surface area (Å²) in [7, 11) is 2.03. The van der Waals surface area contributed by atoms with Gasteiger partial charge in [0.2, 0.25) is 0 Å². The first-order chi connectivity index (χ1) is 6.27. The molecule has 1 fully saturated rings. The second-order valence-electron chi connectivity index (χ2n) is 3.88. The molecule has 0 saturated carbocycles. The Balaban J connectivity index is 2.23. The van der Waals surface area contributed by atoms with Crippen molar-refractivity contribution in [2.75, 3.05) is 46.3 Å². The molecule has 0 aromatic heterocycles. The zero-order valence-electron chi connectivity index (χ0n) is 9.21. The molecule has 0 radical (unpaired) electrons. The van der Waals surface area contributed by atoms with E-state index in [-0.39, 0.29) is 0 Å². The number of nitrogens with zero attached hydrogens (tertiary/aromatic N) is 2. The van der Waals surface area contributed by atoms with E-state index in [1.54, 1.807) is 0 Å². The Morgan fingerprint density at radius 3 is 2.31 bits per heavy atom. The predicted molar refractivity (Wildman–Crippen MR) is 57.1 cm³/mol. The SMILES string of the molecule is CCN1CCN(C(C)CNC)CC1. The number of rotatable bonds is 4. The van der Waals surface area contributed by atoms with Gasteiger partial charge in [-0.15, -0.1) is 0 Å². The van der Waals surface area contributed by atoms with E-state index >= 15 is 0 Å². The van der Waals surface area contributed by atoms with E-state index < -0.39 is 0 Å². The zero-order chi connectivity index (χ0) is 9.68. The average Bonchev–Trinajstić information content (AvgIpc) is 2.18. The third-order valence-electron chi connectivity index (χ3n) is 2.98. The van der Waals surface area contributed by atoms with Crippen LogP contribution in [0.2, 0.25) is 0 Å². The van der Waals surface area contributed by atoms with Gasteiger partial charge in [0.05, 0.1) is 0 Å². The summed E-state index contributed by atoms with van der Waals surface area (Å²) in [6.07, 6.45) is 0. The van der Waals surface area contributed by atoms with Gasteiger partial charge in [0.1, 0.15) is 0 Å². The number of nitrogens with one attached hydrogen (secondary N) is 1. The molecule has 1 rings (SSSR count). The van der Waals surface area contributed by atoms with Crippen LogP contribution in [-0.2, 0) is 0 Å². The van der Waals surface area contributed by atoms with Crippen LogP contribution in [0.3, 0.4) is 0 Å². The summed E-state index contributed by atoms with van der Waals surface area (Å²) < 4.78 is 0. The molecule has 13 heavy (non-hydrogen) atoms. The summed E-state index contributed by atoms with van der Waals surface area (Å²) >= 11 is 0. The smallest absolute Gasteiger partial charge is 0.0193 e. The highest BCUT2D eigenvalue weighted by Crippen LogP contribution is 2.04. The van der Waals surface area contributed by atoms with Crippen LogP contribution >= 0.6 is 0 Å². The molecule has 0 aromatic rings. The van der Waals surface area contributed by atoms with Crippen molar-refractivity contribution in [2.24, 2.45) is 0 Å². The topological polar surface area (TPSA) is 18.5 Å². The lowest BCUT2D eigenvalue weighted by molar-refractivity contribution is 0.106. The maximum Gasteiger partial charge on any atom is 0.0193 e. The monoisotopic (exact) mass is 185 g/mol. The highest BCUT2D eigenvalue weighted by Gasteiger charge is 2.19. The first-order valence-electron chi connectivity index (χ1n) is 5.39. The lowest BCUT2D eigenvalue weighted by Crippen LogP contribution is -2.51. The van der Waals surface area contributed by atoms with E-state index in [0.29, 0.717) is 6.04 Å². The number of hydrogen-bond donors (Lipinski definition) is 1. The molecule has 0 amide bonds. The Hall–Kier alpha value is -0.120. The second kappa shape index (κ2) is 5.58. The Labute approximate surface area is 82.1 Å². The lowest BCUT2D eigenvalue weighted by Gasteiger charge is -2.37. The molecule has 1 aliphatic rings. The van der Waals surface area contributed by atoms with Gasteiger partial charge in [0, 0.05) is 38.8 Å². The highest BCUT2D eigenvalue weighted by atomic mass is 15.3. The van der Waals surface area contributed by atoms with Crippen LogP contribution in [0.5, 0.6) is 0 Å². The first-order valence-corrected chi connectivity index (χ1v) is 5.39. The van der Waals surface area contributed by atoms with Gasteiger partial charge in [-0.2, -0.15) is 0 Å². The molecular formula is C10H23N3. The summed E-state index contributed by atoms with van der Waals surface area (Å²) in [5.74, 6) is 0. The molecule has 1 unspecified atom stereocenters. The fourth-order valence-corrected chi connectivity index (χ4v) is 1.94. The minimum absolute atomic E-state index is 0.684. The van der Waals surface area contributed by atoms with Crippen molar-refractivity contribution in [1.82, 2.24) is 15.1 Å². The molecule has 0 aliphatic carbocycles. The van der Waals surface area contributed by atoms with E-state index in [1.165, 1.54) is 32.7 Å². The predicted octanol–water partition coefficient (Wildman–Crippen LogP) is 0.232. The molecule has 1 N–H and O–H groups in total. The van der Waals surface area contributed by atoms with Gasteiger partial charge in [-0.25, -0.2) is 0 Å². The lowest BCUT2D eigenvalue weighted by atomic mass is 10.2. The van der Waals surface area contributed by atoms with Crippen molar-refractivity contribution in [2.45, 2.75) is 19.9 Å². The first kappa shape index (κ1) is 11.0. The standard InChI is InChI=1S/C10H23N3/c1-4-12-5-7-13(8-6-12)10(2)9-11-3/h10-11H,4-9H2,1-3H3. The van der Waals surface area contributed by atoms with Crippen molar-refractivity contribution in [3.63, 3.8) is 0 Å². The van der Waals surface area contributed by atoms with E-state index in [2.05, 4.69) is 29.0 Å². The molecule has 1 saturated heterocycles. The molecule has 0 spiro atoms. The maximum atomic E-state index is 3.23. The number of hydrogen-bond acceptors (Lipinski definition) is 3. The van der Waals surface area contributed by atoms with Crippen molar-refractivity contribution >= 4 is 0 Å². The highest BCUT2D eigenvalue weighted by molar-refractivity contribution is 4.76. The largest absolute Gasteiger partial charge is 0.318 e. The van der Waals surface area contributed by atoms with Gasteiger partial charge in [-0.05, 0) is 20.5 Å². The average molecular weight is 185 g/mol. The van der Waals surface area contributed by atoms with Gasteiger partial charge in [-0.3, -0.25) is 4.90 Å². The Morgan fingerprint density at radius 1 is 1.23 bits per heavy atom. The Morgan fingerprint density at radius 2 is 1.85 bits per heavy atom. The zero-order valence-corrected chi connectivity index (χ0v) is 9.21. The summed E-state index contributed by atoms with van der Waals surface area (Å²) in [6.45, 7) is 11.8. The van der Waals surface area contributed by atoms with Gasteiger partial charge < -0.3 is 10.2 Å². The van der Waals surface area contributed by atoms with E-state index in [9.17, 15) is 0 Å². The Bertz CT molecular complexity index is 130. The van der Waals surface area contributed by atoms with E-state index in [0.717, 1.165) is 6.54 Å². The molecule has 0 aromatic carbocycles. The summed E-state index contributed by atoms with van der Waals surface area (Å²) in [6, 6.07) is 0.684. The van der Waals surface area contributed by atoms with Gasteiger partial charge in [0.15, 0.2) is 0 Å². The van der Waals surface area contributed by atoms with Crippen LogP contribution in [0.15, 0.2) is 0 Å². The molecular weight excluding hydrogens is 162 g/mol. The van der Waals surface area contributed by atoms with Crippen molar-refractivity contribution in [3.8, 4) is 0 Å². The van der Waals surface area contributed by atoms with Crippen molar-refractivity contribution < 1.29 is 0 Å². The minimum atomic E-state index is 0.684. The molecule has 78 valence electrons. The number of likely N-dealkylation sites (N-methyl/N-ethyl adjacent to an activating group) is 2. The van der Waals surface area contributed by atoms with E-state index in [1.807, 2.05) is 7.05 Å².